The van der Waals surface area contributed by atoms with Crippen molar-refractivity contribution < 1.29 is 18.0 Å². The van der Waals surface area contributed by atoms with Crippen LogP contribution in [0.25, 0.3) is 21.8 Å². The van der Waals surface area contributed by atoms with Crippen molar-refractivity contribution >= 4 is 41.9 Å². The number of aryl methyl sites for hydroxylation is 1. The molecule has 2 aromatic carbocycles. The first-order chi connectivity index (χ1) is 17.6. The molecule has 0 spiro atoms. The molecule has 0 saturated heterocycles. The van der Waals surface area contributed by atoms with E-state index in [1.807, 2.05) is 54.2 Å². The van der Waals surface area contributed by atoms with Gasteiger partial charge >= 0.3 is 6.18 Å². The van der Waals surface area contributed by atoms with Crippen molar-refractivity contribution in [3.05, 3.63) is 65.5 Å². The summed E-state index contributed by atoms with van der Waals surface area (Å²) in [6.45, 7) is 3.66. The minimum Gasteiger partial charge on any atom is -0.352 e. The number of carbonyl (C=O) groups is 1. The Morgan fingerprint density at radius 1 is 1.19 bits per heavy atom. The van der Waals surface area contributed by atoms with Crippen LogP contribution in [0.2, 0.25) is 0 Å². The first-order valence-electron chi connectivity index (χ1n) is 12.6. The summed E-state index contributed by atoms with van der Waals surface area (Å²) in [5, 5.41) is 9.07. The van der Waals surface area contributed by atoms with Gasteiger partial charge in [0.25, 0.3) is 0 Å². The van der Waals surface area contributed by atoms with Crippen LogP contribution in [0, 0.1) is 12.8 Å². The van der Waals surface area contributed by atoms with Crippen molar-refractivity contribution in [1.82, 2.24) is 20.1 Å². The van der Waals surface area contributed by atoms with Crippen LogP contribution in [0.3, 0.4) is 0 Å². The van der Waals surface area contributed by atoms with Gasteiger partial charge in [-0.1, -0.05) is 37.6 Å². The number of aromatic nitrogens is 3. The summed E-state index contributed by atoms with van der Waals surface area (Å²) in [5.41, 5.74) is 4.27. The Kier molecular flexibility index (Phi) is 8.50. The molecule has 0 bridgehead atoms. The summed E-state index contributed by atoms with van der Waals surface area (Å²) in [5.74, 6) is 0.501. The van der Waals surface area contributed by atoms with Gasteiger partial charge in [-0.2, -0.15) is 18.3 Å². The molecule has 0 amide bonds. The Labute approximate surface area is 216 Å². The number of para-hydroxylation sites is 1. The maximum atomic E-state index is 12.7. The molecule has 9 heteroatoms. The molecule has 5 nitrogen and oxygen atoms in total. The van der Waals surface area contributed by atoms with E-state index in [0.717, 1.165) is 59.6 Å². The topological polar surface area (TPSA) is 62.7 Å². The quantitative estimate of drug-likeness (QED) is 0.153. The molecule has 4 aromatic rings. The first-order valence-corrected chi connectivity index (χ1v) is 13.1. The smallest absolute Gasteiger partial charge is 0.352 e. The number of benzene rings is 2. The van der Waals surface area contributed by atoms with Gasteiger partial charge in [0.2, 0.25) is 0 Å². The second-order valence-electron chi connectivity index (χ2n) is 9.61. The third-order valence-corrected chi connectivity index (χ3v) is 7.18. The van der Waals surface area contributed by atoms with E-state index >= 15 is 0 Å². The Bertz CT molecular complexity index is 1370. The number of carbonyl (C=O) groups excluding carboxylic acids is 1. The fourth-order valence-corrected chi connectivity index (χ4v) is 5.20. The highest BCUT2D eigenvalue weighted by atomic mass is 31.0. The fraction of sp³-hybridized carbons (Fsp3) is 0.393. The number of Topliss-reactive ketones (excluding diaryl/α,β-unsaturated/α-hetero) is 1. The van der Waals surface area contributed by atoms with Gasteiger partial charge in [0.1, 0.15) is 0 Å². The standard InChI is InChI=1S/C28H32F3N4OP/c1-3-7-19(8-6-11-26(36)25-14-20-9-4-5-10-23(20)33-25)15-35-16-22-18(2)21(12-13-24(22)34-35)27(37)32-17-28(29,30)31/h4-5,9-10,12-14,16,19,32-33,37H,3,6-8,11,15,17H2,1-2H3. The molecule has 1 atom stereocenters. The van der Waals surface area contributed by atoms with E-state index in [1.165, 1.54) is 0 Å². The minimum atomic E-state index is -4.30. The Hall–Kier alpha value is -2.96. The summed E-state index contributed by atoms with van der Waals surface area (Å²) < 4.78 is 39.7. The summed E-state index contributed by atoms with van der Waals surface area (Å²) in [6.07, 6.45) is 1.95. The monoisotopic (exact) mass is 528 g/mol. The normalized spacial score (nSPS) is 12.9. The number of hydrogen-bond donors (Lipinski definition) is 2. The van der Waals surface area contributed by atoms with E-state index in [-0.39, 0.29) is 5.78 Å². The zero-order valence-corrected chi connectivity index (χ0v) is 22.1. The van der Waals surface area contributed by atoms with Crippen molar-refractivity contribution in [2.24, 2.45) is 5.92 Å². The van der Waals surface area contributed by atoms with Crippen molar-refractivity contribution in [1.29, 1.82) is 0 Å². The average Bonchev–Trinajstić information content (AvgIpc) is 3.47. The molecule has 37 heavy (non-hydrogen) atoms. The summed E-state index contributed by atoms with van der Waals surface area (Å²) in [7, 11) is 3.32. The number of nitrogens with zero attached hydrogens (tertiary/aromatic N) is 2. The third kappa shape index (κ3) is 6.88. The highest BCUT2D eigenvalue weighted by molar-refractivity contribution is 7.22. The molecule has 0 fully saturated rings. The van der Waals surface area contributed by atoms with Crippen LogP contribution in [-0.4, -0.2) is 38.7 Å². The highest BCUT2D eigenvalue weighted by Crippen LogP contribution is 2.25. The number of nitrogens with one attached hydrogen (secondary N) is 2. The van der Waals surface area contributed by atoms with Gasteiger partial charge in [-0.25, -0.2) is 0 Å². The second-order valence-corrected chi connectivity index (χ2v) is 10.1. The molecule has 0 aliphatic carbocycles. The van der Waals surface area contributed by atoms with Gasteiger partial charge in [0.05, 0.1) is 17.8 Å². The highest BCUT2D eigenvalue weighted by Gasteiger charge is 2.27. The number of hydrogen-bond acceptors (Lipinski definition) is 2. The van der Waals surface area contributed by atoms with Gasteiger partial charge in [-0.05, 0) is 55.9 Å². The molecule has 4 rings (SSSR count). The summed E-state index contributed by atoms with van der Waals surface area (Å²) >= 11 is 0. The Morgan fingerprint density at radius 2 is 1.97 bits per heavy atom. The van der Waals surface area contributed by atoms with Crippen LogP contribution < -0.4 is 5.32 Å². The maximum absolute atomic E-state index is 12.7. The van der Waals surface area contributed by atoms with E-state index in [1.54, 1.807) is 6.07 Å². The molecule has 0 radical (unpaired) electrons. The SMILES string of the molecule is CCCC(CCCC(=O)c1cc2ccccc2[nH]1)Cn1cc2c(C)c(C(=P)NCC(F)(F)F)ccc2n1. The van der Waals surface area contributed by atoms with Crippen molar-refractivity contribution in [3.63, 3.8) is 0 Å². The average molecular weight is 529 g/mol. The van der Waals surface area contributed by atoms with Gasteiger partial charge in [0.15, 0.2) is 5.78 Å². The summed E-state index contributed by atoms with van der Waals surface area (Å²) in [6, 6.07) is 13.4. The van der Waals surface area contributed by atoms with Crippen LogP contribution in [-0.2, 0) is 6.54 Å². The molecule has 196 valence electrons. The largest absolute Gasteiger partial charge is 0.401 e. The fourth-order valence-electron chi connectivity index (χ4n) is 4.84. The van der Waals surface area contributed by atoms with Crippen LogP contribution in [0.5, 0.6) is 0 Å². The van der Waals surface area contributed by atoms with Crippen molar-refractivity contribution in [2.75, 3.05) is 6.54 Å². The number of aromatic amines is 1. The van der Waals surface area contributed by atoms with E-state index in [9.17, 15) is 18.0 Å². The molecular formula is C28H32F3N4OP. The molecule has 1 unspecified atom stereocenters. The predicted molar refractivity (Wildman–Crippen MR) is 146 cm³/mol. The number of alkyl halides is 3. The third-order valence-electron chi connectivity index (χ3n) is 6.73. The van der Waals surface area contributed by atoms with Crippen LogP contribution in [0.15, 0.2) is 48.7 Å². The van der Waals surface area contributed by atoms with E-state index in [0.29, 0.717) is 29.0 Å². The number of halogens is 3. The van der Waals surface area contributed by atoms with Crippen LogP contribution in [0.1, 0.15) is 60.6 Å². The molecule has 2 heterocycles. The van der Waals surface area contributed by atoms with E-state index < -0.39 is 12.7 Å². The maximum Gasteiger partial charge on any atom is 0.401 e. The Morgan fingerprint density at radius 3 is 2.70 bits per heavy atom. The summed E-state index contributed by atoms with van der Waals surface area (Å²) in [4.78, 5) is 16.0. The zero-order chi connectivity index (χ0) is 26.6. The lowest BCUT2D eigenvalue weighted by Crippen LogP contribution is -2.33. The van der Waals surface area contributed by atoms with Gasteiger partial charge in [-0.15, -0.1) is 8.86 Å². The van der Waals surface area contributed by atoms with Gasteiger partial charge < -0.3 is 4.98 Å². The number of H-pyrrole nitrogens is 1. The van der Waals surface area contributed by atoms with E-state index in [4.69, 9.17) is 5.10 Å². The lowest BCUT2D eigenvalue weighted by Gasteiger charge is -2.16. The van der Waals surface area contributed by atoms with Crippen molar-refractivity contribution in [3.8, 4) is 0 Å². The Balaban J connectivity index is 1.39. The molecule has 2 aromatic heterocycles. The number of rotatable bonds is 12. The molecule has 2 N–H and O–H groups in total. The van der Waals surface area contributed by atoms with Crippen LogP contribution in [0.4, 0.5) is 13.2 Å². The van der Waals surface area contributed by atoms with Gasteiger partial charge in [-0.3, -0.25) is 14.8 Å². The van der Waals surface area contributed by atoms with Crippen LogP contribution >= 0.6 is 8.86 Å². The predicted octanol–water partition coefficient (Wildman–Crippen LogP) is 7.07. The molecular weight excluding hydrogens is 496 g/mol. The molecule has 0 aliphatic heterocycles. The van der Waals surface area contributed by atoms with Gasteiger partial charge in [0, 0.05) is 46.4 Å². The first kappa shape index (κ1) is 27.1. The number of ketones is 1. The minimum absolute atomic E-state index is 0.125. The number of fused-ring (bicyclic) bond motifs is 2. The lowest BCUT2D eigenvalue weighted by molar-refractivity contribution is -0.121. The second kappa shape index (κ2) is 11.6. The van der Waals surface area contributed by atoms with E-state index in [2.05, 4.69) is 26.1 Å². The lowest BCUT2D eigenvalue weighted by atomic mass is 9.96. The zero-order valence-electron chi connectivity index (χ0n) is 21.1. The van der Waals surface area contributed by atoms with Crippen molar-refractivity contribution in [2.45, 2.75) is 58.7 Å². The molecule has 0 aliphatic rings. The molecule has 0 saturated carbocycles.